The number of carbonyl (C=O) groups is 1. The van der Waals surface area contributed by atoms with Gasteiger partial charge in [0.05, 0.1) is 18.6 Å². The van der Waals surface area contributed by atoms with Crippen LogP contribution in [0.2, 0.25) is 0 Å². The molecule has 0 atom stereocenters. The zero-order chi connectivity index (χ0) is 28.8. The fourth-order valence-corrected chi connectivity index (χ4v) is 7.97. The Morgan fingerprint density at radius 3 is 2.30 bits per heavy atom. The molecule has 9 heteroatoms. The lowest BCUT2D eigenvalue weighted by atomic mass is 9.74. The molecule has 4 rings (SSSR count). The Balaban J connectivity index is 1.23. The van der Waals surface area contributed by atoms with Gasteiger partial charge in [-0.2, -0.15) is 4.31 Å². The molecule has 0 radical (unpaired) electrons. The van der Waals surface area contributed by atoms with E-state index in [1.807, 2.05) is 0 Å². The van der Waals surface area contributed by atoms with Gasteiger partial charge in [-0.1, -0.05) is 30.3 Å². The van der Waals surface area contributed by atoms with Gasteiger partial charge in [-0.3, -0.25) is 9.69 Å². The summed E-state index contributed by atoms with van der Waals surface area (Å²) in [5, 5.41) is 3.15. The molecule has 0 unspecified atom stereocenters. The molecule has 2 aromatic rings. The Morgan fingerprint density at radius 1 is 1.07 bits per heavy atom. The number of aryl methyl sites for hydroxylation is 2. The van der Waals surface area contributed by atoms with Crippen LogP contribution in [-0.2, 0) is 26.0 Å². The second-order valence-corrected chi connectivity index (χ2v) is 13.4. The molecule has 2 aromatic carbocycles. The first-order chi connectivity index (χ1) is 19.1. The number of hydrogen-bond donors (Lipinski definition) is 1. The lowest BCUT2D eigenvalue weighted by Gasteiger charge is -2.47. The highest BCUT2D eigenvalue weighted by atomic mass is 32.2. The fourth-order valence-electron chi connectivity index (χ4n) is 6.41. The molecule has 0 bridgehead atoms. The van der Waals surface area contributed by atoms with Crippen molar-refractivity contribution in [3.8, 4) is 5.75 Å². The third-order valence-electron chi connectivity index (χ3n) is 8.56. The van der Waals surface area contributed by atoms with Crippen LogP contribution in [0.15, 0.2) is 47.4 Å². The van der Waals surface area contributed by atoms with Gasteiger partial charge in [0.15, 0.2) is 0 Å². The van der Waals surface area contributed by atoms with E-state index < -0.39 is 10.0 Å². The molecule has 0 aromatic heterocycles. The van der Waals surface area contributed by atoms with Crippen molar-refractivity contribution in [3.63, 3.8) is 0 Å². The van der Waals surface area contributed by atoms with Gasteiger partial charge in [0, 0.05) is 25.2 Å². The SMILES string of the molecule is COc1cc(C)c(S(=O)(=O)N(C)CCOCC(=O)NC2CCC(Cc3ccccc3)(N3CCCC3)CC2)c(C)c1. The van der Waals surface area contributed by atoms with E-state index in [4.69, 9.17) is 9.47 Å². The van der Waals surface area contributed by atoms with Crippen molar-refractivity contribution >= 4 is 15.9 Å². The molecule has 220 valence electrons. The zero-order valence-electron chi connectivity index (χ0n) is 24.4. The average molecular weight is 572 g/mol. The minimum Gasteiger partial charge on any atom is -0.497 e. The second-order valence-electron chi connectivity index (χ2n) is 11.4. The summed E-state index contributed by atoms with van der Waals surface area (Å²) in [6.07, 6.45) is 7.64. The second kappa shape index (κ2) is 13.5. The predicted molar refractivity (Wildman–Crippen MR) is 157 cm³/mol. The number of rotatable bonds is 12. The fraction of sp³-hybridized carbons (Fsp3) is 0.581. The van der Waals surface area contributed by atoms with Crippen molar-refractivity contribution in [2.45, 2.75) is 75.3 Å². The predicted octanol–water partition coefficient (Wildman–Crippen LogP) is 4.09. The van der Waals surface area contributed by atoms with Crippen molar-refractivity contribution in [1.29, 1.82) is 0 Å². The van der Waals surface area contributed by atoms with E-state index in [2.05, 4.69) is 40.5 Å². The van der Waals surface area contributed by atoms with Gasteiger partial charge in [0.25, 0.3) is 0 Å². The molecule has 1 aliphatic heterocycles. The molecule has 0 spiro atoms. The lowest BCUT2D eigenvalue weighted by molar-refractivity contribution is -0.126. The minimum atomic E-state index is -3.70. The van der Waals surface area contributed by atoms with E-state index in [9.17, 15) is 13.2 Å². The zero-order valence-corrected chi connectivity index (χ0v) is 25.3. The Hall–Kier alpha value is -2.46. The van der Waals surface area contributed by atoms with Crippen LogP contribution in [0.25, 0.3) is 0 Å². The standard InChI is InChI=1S/C31H45N3O5S/c1-24-20-28(38-4)21-25(2)30(24)40(36,37)33(3)18-19-39-23-29(35)32-27-12-14-31(15-13-27,34-16-8-9-17-34)22-26-10-6-5-7-11-26/h5-7,10-11,20-21,27H,8-9,12-19,22-23H2,1-4H3,(H,32,35). The average Bonchev–Trinajstić information content (AvgIpc) is 3.48. The van der Waals surface area contributed by atoms with Crippen molar-refractivity contribution in [2.75, 3.05) is 47.0 Å². The summed E-state index contributed by atoms with van der Waals surface area (Å²) in [5.41, 5.74) is 2.82. The smallest absolute Gasteiger partial charge is 0.246 e. The quantitative estimate of drug-likeness (QED) is 0.386. The van der Waals surface area contributed by atoms with Gasteiger partial charge >= 0.3 is 0 Å². The van der Waals surface area contributed by atoms with Gasteiger partial charge in [-0.05, 0) is 101 Å². The summed E-state index contributed by atoms with van der Waals surface area (Å²) in [4.78, 5) is 15.6. The molecule has 8 nitrogen and oxygen atoms in total. The van der Waals surface area contributed by atoms with Crippen LogP contribution in [-0.4, -0.2) is 82.1 Å². The Kier molecular flexibility index (Phi) is 10.3. The summed E-state index contributed by atoms with van der Waals surface area (Å²) in [6.45, 7) is 6.07. The number of benzene rings is 2. The van der Waals surface area contributed by atoms with Crippen LogP contribution in [0, 0.1) is 13.8 Å². The van der Waals surface area contributed by atoms with Crippen LogP contribution in [0.5, 0.6) is 5.75 Å². The third-order valence-corrected chi connectivity index (χ3v) is 10.7. The summed E-state index contributed by atoms with van der Waals surface area (Å²) < 4.78 is 38.5. The number of nitrogens with one attached hydrogen (secondary N) is 1. The molecule has 1 aliphatic carbocycles. The summed E-state index contributed by atoms with van der Waals surface area (Å²) in [6, 6.07) is 14.3. The highest BCUT2D eigenvalue weighted by molar-refractivity contribution is 7.89. The highest BCUT2D eigenvalue weighted by Crippen LogP contribution is 2.38. The number of methoxy groups -OCH3 is 1. The van der Waals surface area contributed by atoms with Crippen molar-refractivity contribution < 1.29 is 22.7 Å². The number of ether oxygens (including phenoxy) is 2. The molecule has 1 amide bonds. The molecule has 1 heterocycles. The van der Waals surface area contributed by atoms with Crippen molar-refractivity contribution in [1.82, 2.24) is 14.5 Å². The topological polar surface area (TPSA) is 88.2 Å². The number of nitrogens with zero attached hydrogens (tertiary/aromatic N) is 2. The maximum Gasteiger partial charge on any atom is 0.246 e. The number of hydrogen-bond acceptors (Lipinski definition) is 6. The van der Waals surface area contributed by atoms with Gasteiger partial charge in [-0.15, -0.1) is 0 Å². The normalized spacial score (nSPS) is 22.0. The maximum atomic E-state index is 13.2. The van der Waals surface area contributed by atoms with E-state index in [0.29, 0.717) is 16.9 Å². The summed E-state index contributed by atoms with van der Waals surface area (Å²) in [7, 11) is -0.603. The van der Waals surface area contributed by atoms with Crippen LogP contribution in [0.3, 0.4) is 0 Å². The molecule has 40 heavy (non-hydrogen) atoms. The molecule has 2 aliphatic rings. The van der Waals surface area contributed by atoms with Gasteiger partial charge in [0.1, 0.15) is 12.4 Å². The number of likely N-dealkylation sites (tertiary alicyclic amines) is 1. The Labute approximate surface area is 240 Å². The van der Waals surface area contributed by atoms with E-state index in [1.54, 1.807) is 33.1 Å². The van der Waals surface area contributed by atoms with Gasteiger partial charge < -0.3 is 14.8 Å². The summed E-state index contributed by atoms with van der Waals surface area (Å²) >= 11 is 0. The lowest BCUT2D eigenvalue weighted by Crippen LogP contribution is -2.54. The van der Waals surface area contributed by atoms with Crippen molar-refractivity contribution in [3.05, 3.63) is 59.2 Å². The molecule has 1 saturated carbocycles. The van der Waals surface area contributed by atoms with Crippen LogP contribution < -0.4 is 10.1 Å². The molecular formula is C31H45N3O5S. The highest BCUT2D eigenvalue weighted by Gasteiger charge is 2.41. The van der Waals surface area contributed by atoms with E-state index >= 15 is 0 Å². The van der Waals surface area contributed by atoms with Gasteiger partial charge in [0.2, 0.25) is 15.9 Å². The van der Waals surface area contributed by atoms with Gasteiger partial charge in [-0.25, -0.2) is 8.42 Å². The first-order valence-corrected chi connectivity index (χ1v) is 15.9. The van der Waals surface area contributed by atoms with E-state index in [1.165, 1.54) is 42.8 Å². The first kappa shape index (κ1) is 30.5. The number of likely N-dealkylation sites (N-methyl/N-ethyl adjacent to an activating group) is 1. The minimum absolute atomic E-state index is 0.0771. The Bertz CT molecular complexity index is 1210. The molecule has 1 N–H and O–H groups in total. The number of amides is 1. The third kappa shape index (κ3) is 7.24. The molecule has 1 saturated heterocycles. The van der Waals surface area contributed by atoms with Crippen molar-refractivity contribution in [2.24, 2.45) is 0 Å². The first-order valence-electron chi connectivity index (χ1n) is 14.4. The summed E-state index contributed by atoms with van der Waals surface area (Å²) in [5.74, 6) is 0.482. The van der Waals surface area contributed by atoms with Crippen LogP contribution >= 0.6 is 0 Å². The van der Waals surface area contributed by atoms with E-state index in [0.717, 1.165) is 32.1 Å². The van der Waals surface area contributed by atoms with Crippen LogP contribution in [0.1, 0.15) is 55.2 Å². The largest absolute Gasteiger partial charge is 0.497 e. The Morgan fingerprint density at radius 2 is 1.70 bits per heavy atom. The van der Waals surface area contributed by atoms with Crippen LogP contribution in [0.4, 0.5) is 0 Å². The van der Waals surface area contributed by atoms with E-state index in [-0.39, 0.29) is 42.1 Å². The monoisotopic (exact) mass is 571 g/mol. The maximum absolute atomic E-state index is 13.2. The number of sulfonamides is 1. The number of carbonyl (C=O) groups excluding carboxylic acids is 1. The molecular weight excluding hydrogens is 526 g/mol. The molecule has 2 fully saturated rings.